The van der Waals surface area contributed by atoms with Gasteiger partial charge >= 0.3 is 6.09 Å². The number of hydrogen-bond acceptors (Lipinski definition) is 4. The Kier molecular flexibility index (Phi) is 3.27. The Labute approximate surface area is 99.2 Å². The molecule has 0 fully saturated rings. The Morgan fingerprint density at radius 2 is 2.24 bits per heavy atom. The van der Waals surface area contributed by atoms with E-state index in [1.165, 1.54) is 0 Å². The molecule has 0 saturated heterocycles. The molecule has 5 heteroatoms. The lowest BCUT2D eigenvalue weighted by Crippen LogP contribution is -2.15. The number of rotatable bonds is 2. The number of oxime groups is 1. The third kappa shape index (κ3) is 2.55. The number of methoxy groups -OCH3 is 1. The predicted octanol–water partition coefficient (Wildman–Crippen LogP) is 1.83. The molecule has 1 aliphatic carbocycles. The van der Waals surface area contributed by atoms with E-state index < -0.39 is 6.09 Å². The molecule has 5 nitrogen and oxygen atoms in total. The minimum Gasteiger partial charge on any atom is -0.497 e. The molecule has 1 aliphatic rings. The molecule has 2 N–H and O–H groups in total. The average Bonchev–Trinajstić information content (AvgIpc) is 2.35. The van der Waals surface area contributed by atoms with Gasteiger partial charge in [0.15, 0.2) is 0 Å². The van der Waals surface area contributed by atoms with Crippen LogP contribution in [0.15, 0.2) is 23.4 Å². The van der Waals surface area contributed by atoms with Gasteiger partial charge in [-0.2, -0.15) is 0 Å². The monoisotopic (exact) mass is 234 g/mol. The minimum atomic E-state index is -0.891. The largest absolute Gasteiger partial charge is 0.497 e. The van der Waals surface area contributed by atoms with E-state index in [9.17, 15) is 4.79 Å². The number of primary amides is 1. The molecule has 0 unspecified atom stereocenters. The Balaban J connectivity index is 2.31. The highest BCUT2D eigenvalue weighted by Crippen LogP contribution is 2.25. The van der Waals surface area contributed by atoms with Crippen LogP contribution in [0.1, 0.15) is 24.0 Å². The number of nitrogens with two attached hydrogens (primary N) is 1. The maximum absolute atomic E-state index is 10.5. The first-order chi connectivity index (χ1) is 8.20. The molecule has 2 rings (SSSR count). The van der Waals surface area contributed by atoms with Crippen LogP contribution < -0.4 is 10.5 Å². The van der Waals surface area contributed by atoms with Crippen molar-refractivity contribution in [3.63, 3.8) is 0 Å². The number of aryl methyl sites for hydroxylation is 1. The molecule has 90 valence electrons. The second-order valence-electron chi connectivity index (χ2n) is 3.82. The van der Waals surface area contributed by atoms with Crippen molar-refractivity contribution in [1.29, 1.82) is 0 Å². The van der Waals surface area contributed by atoms with Crippen LogP contribution in [0, 0.1) is 0 Å². The lowest BCUT2D eigenvalue weighted by Gasteiger charge is -2.17. The van der Waals surface area contributed by atoms with E-state index in [2.05, 4.69) is 9.99 Å². The number of ether oxygens (including phenoxy) is 1. The van der Waals surface area contributed by atoms with Gasteiger partial charge in [0.25, 0.3) is 0 Å². The molecule has 17 heavy (non-hydrogen) atoms. The zero-order valence-corrected chi connectivity index (χ0v) is 9.60. The summed E-state index contributed by atoms with van der Waals surface area (Å²) in [7, 11) is 1.63. The van der Waals surface area contributed by atoms with Gasteiger partial charge in [-0.05, 0) is 43.0 Å². The van der Waals surface area contributed by atoms with Crippen molar-refractivity contribution in [1.82, 2.24) is 0 Å². The van der Waals surface area contributed by atoms with Gasteiger partial charge in [0.1, 0.15) is 5.75 Å². The Morgan fingerprint density at radius 3 is 2.94 bits per heavy atom. The van der Waals surface area contributed by atoms with Gasteiger partial charge in [-0.1, -0.05) is 5.16 Å². The van der Waals surface area contributed by atoms with Gasteiger partial charge in [0.2, 0.25) is 0 Å². The summed E-state index contributed by atoms with van der Waals surface area (Å²) in [6, 6.07) is 5.77. The molecular formula is C12H14N2O3. The Bertz CT molecular complexity index is 469. The third-order valence-electron chi connectivity index (χ3n) is 2.73. The molecule has 0 bridgehead atoms. The molecule has 1 aromatic carbocycles. The van der Waals surface area contributed by atoms with Crippen LogP contribution in [0.5, 0.6) is 5.75 Å². The molecule has 0 saturated carbocycles. The summed E-state index contributed by atoms with van der Waals surface area (Å²) in [4.78, 5) is 15.0. The Hall–Kier alpha value is -2.04. The van der Waals surface area contributed by atoms with Gasteiger partial charge < -0.3 is 10.5 Å². The number of nitrogens with zero attached hydrogens (tertiary/aromatic N) is 1. The maximum atomic E-state index is 10.5. The van der Waals surface area contributed by atoms with Crippen molar-refractivity contribution in [3.05, 3.63) is 29.3 Å². The van der Waals surface area contributed by atoms with Crippen LogP contribution in [0.4, 0.5) is 4.79 Å². The van der Waals surface area contributed by atoms with Crippen LogP contribution in [-0.4, -0.2) is 18.9 Å². The molecule has 0 radical (unpaired) electrons. The van der Waals surface area contributed by atoms with E-state index in [1.54, 1.807) is 7.11 Å². The molecule has 0 atom stereocenters. The van der Waals surface area contributed by atoms with Crippen molar-refractivity contribution in [3.8, 4) is 5.75 Å². The summed E-state index contributed by atoms with van der Waals surface area (Å²) >= 11 is 0. The lowest BCUT2D eigenvalue weighted by atomic mass is 9.90. The molecule has 0 heterocycles. The van der Waals surface area contributed by atoms with Crippen LogP contribution in [-0.2, 0) is 11.3 Å². The summed E-state index contributed by atoms with van der Waals surface area (Å²) in [5.41, 5.74) is 7.80. The topological polar surface area (TPSA) is 73.9 Å². The minimum absolute atomic E-state index is 0.757. The van der Waals surface area contributed by atoms with Gasteiger partial charge in [0, 0.05) is 5.56 Å². The summed E-state index contributed by atoms with van der Waals surface area (Å²) in [6.45, 7) is 0. The summed E-state index contributed by atoms with van der Waals surface area (Å²) in [5.74, 6) is 0.820. The normalized spacial score (nSPS) is 16.4. The standard InChI is InChI=1S/C12H14N2O3/c1-16-9-5-6-10-8(7-9)3-2-4-11(10)14-17-12(13)15/h5-7H,2-4H2,1H3,(H2,13,15)/b14-11-. The second-order valence-corrected chi connectivity index (χ2v) is 3.82. The fraction of sp³-hybridized carbons (Fsp3) is 0.333. The van der Waals surface area contributed by atoms with Crippen molar-refractivity contribution < 1.29 is 14.4 Å². The first-order valence-corrected chi connectivity index (χ1v) is 5.41. The van der Waals surface area contributed by atoms with Crippen molar-refractivity contribution in [2.24, 2.45) is 10.9 Å². The smallest absolute Gasteiger partial charge is 0.430 e. The summed E-state index contributed by atoms with van der Waals surface area (Å²) < 4.78 is 5.17. The number of amides is 1. The molecule has 0 spiro atoms. The van der Waals surface area contributed by atoms with Crippen molar-refractivity contribution >= 4 is 11.8 Å². The fourth-order valence-electron chi connectivity index (χ4n) is 1.96. The molecule has 0 aromatic heterocycles. The number of carbonyl (C=O) groups is 1. The predicted molar refractivity (Wildman–Crippen MR) is 63.1 cm³/mol. The number of hydrogen-bond donors (Lipinski definition) is 1. The second kappa shape index (κ2) is 4.86. The highest BCUT2D eigenvalue weighted by atomic mass is 16.7. The van der Waals surface area contributed by atoms with E-state index in [1.807, 2.05) is 18.2 Å². The van der Waals surface area contributed by atoms with Crippen molar-refractivity contribution in [2.75, 3.05) is 7.11 Å². The first-order valence-electron chi connectivity index (χ1n) is 5.41. The first kappa shape index (κ1) is 11.4. The molecule has 1 amide bonds. The highest BCUT2D eigenvalue weighted by Gasteiger charge is 2.17. The lowest BCUT2D eigenvalue weighted by molar-refractivity contribution is 0.161. The molecule has 0 aliphatic heterocycles. The van der Waals surface area contributed by atoms with E-state index in [4.69, 9.17) is 10.5 Å². The maximum Gasteiger partial charge on any atom is 0.430 e. The average molecular weight is 234 g/mol. The van der Waals surface area contributed by atoms with E-state index in [0.717, 1.165) is 41.9 Å². The van der Waals surface area contributed by atoms with Crippen LogP contribution in [0.3, 0.4) is 0 Å². The zero-order valence-electron chi connectivity index (χ0n) is 9.60. The van der Waals surface area contributed by atoms with Gasteiger partial charge in [-0.15, -0.1) is 0 Å². The summed E-state index contributed by atoms with van der Waals surface area (Å²) in [5, 5.41) is 3.78. The van der Waals surface area contributed by atoms with E-state index in [-0.39, 0.29) is 0 Å². The van der Waals surface area contributed by atoms with Crippen LogP contribution >= 0.6 is 0 Å². The number of benzene rings is 1. The van der Waals surface area contributed by atoms with Gasteiger partial charge in [-0.3, -0.25) is 4.84 Å². The number of fused-ring (bicyclic) bond motifs is 1. The summed E-state index contributed by atoms with van der Waals surface area (Å²) in [6.07, 6.45) is 1.84. The zero-order chi connectivity index (χ0) is 12.3. The van der Waals surface area contributed by atoms with Crippen LogP contribution in [0.25, 0.3) is 0 Å². The number of carbonyl (C=O) groups excluding carboxylic acids is 1. The van der Waals surface area contributed by atoms with E-state index >= 15 is 0 Å². The quantitative estimate of drug-likeness (QED) is 0.626. The molecular weight excluding hydrogens is 220 g/mol. The van der Waals surface area contributed by atoms with Gasteiger partial charge in [-0.25, -0.2) is 4.79 Å². The Morgan fingerprint density at radius 1 is 1.41 bits per heavy atom. The third-order valence-corrected chi connectivity index (χ3v) is 2.73. The molecule has 1 aromatic rings. The highest BCUT2D eigenvalue weighted by molar-refractivity contribution is 6.02. The van der Waals surface area contributed by atoms with Gasteiger partial charge in [0.05, 0.1) is 12.8 Å². The van der Waals surface area contributed by atoms with Crippen molar-refractivity contribution in [2.45, 2.75) is 19.3 Å². The van der Waals surface area contributed by atoms with E-state index in [0.29, 0.717) is 0 Å². The SMILES string of the molecule is COc1ccc2c(c1)CCC/C2=N/OC(N)=O. The van der Waals surface area contributed by atoms with Crippen LogP contribution in [0.2, 0.25) is 0 Å². The fourth-order valence-corrected chi connectivity index (χ4v) is 1.96.